The van der Waals surface area contributed by atoms with Gasteiger partial charge in [-0.1, -0.05) is 49.6 Å². The summed E-state index contributed by atoms with van der Waals surface area (Å²) in [6, 6.07) is 10.9. The molecule has 32 heavy (non-hydrogen) atoms. The third-order valence-corrected chi connectivity index (χ3v) is 6.82. The van der Waals surface area contributed by atoms with Gasteiger partial charge in [-0.3, -0.25) is 9.59 Å². The van der Waals surface area contributed by atoms with E-state index in [4.69, 9.17) is 19.4 Å². The molecule has 0 bridgehead atoms. The van der Waals surface area contributed by atoms with Crippen LogP contribution in [-0.4, -0.2) is 74.5 Å². The number of amides is 1. The first-order chi connectivity index (χ1) is 15.7. The minimum atomic E-state index is -0.250. The summed E-state index contributed by atoms with van der Waals surface area (Å²) >= 11 is 0. The molecule has 178 valence electrons. The van der Waals surface area contributed by atoms with Gasteiger partial charge in [-0.15, -0.1) is 0 Å². The Morgan fingerprint density at radius 3 is 2.38 bits per heavy atom. The number of carbonyl (C=O) groups excluding carboxylic acids is 1. The van der Waals surface area contributed by atoms with E-state index in [0.717, 1.165) is 52.1 Å². The average Bonchev–Trinajstić information content (AvgIpc) is 3.10. The molecule has 2 heterocycles. The number of rotatable bonds is 5. The van der Waals surface area contributed by atoms with Gasteiger partial charge in [0.05, 0.1) is 26.4 Å². The van der Waals surface area contributed by atoms with E-state index in [0.29, 0.717) is 25.0 Å². The number of carbonyl (C=O) groups is 2. The lowest BCUT2D eigenvalue weighted by molar-refractivity contribution is -0.127. The van der Waals surface area contributed by atoms with Crippen LogP contribution in [0.1, 0.15) is 50.0 Å². The smallest absolute Gasteiger partial charge is 0.290 e. The van der Waals surface area contributed by atoms with Gasteiger partial charge in [0.15, 0.2) is 0 Å². The summed E-state index contributed by atoms with van der Waals surface area (Å²) in [6.07, 6.45) is 6.84. The van der Waals surface area contributed by atoms with Crippen LogP contribution in [0.25, 0.3) is 0 Å². The van der Waals surface area contributed by atoms with Gasteiger partial charge in [0.2, 0.25) is 5.91 Å². The second-order valence-corrected chi connectivity index (χ2v) is 9.14. The number of benzene rings is 1. The highest BCUT2D eigenvalue weighted by molar-refractivity contribution is 5.79. The van der Waals surface area contributed by atoms with Crippen molar-refractivity contribution < 1.29 is 24.2 Å². The zero-order valence-electron chi connectivity index (χ0n) is 19.0. The van der Waals surface area contributed by atoms with Crippen molar-refractivity contribution in [2.24, 2.45) is 11.8 Å². The third-order valence-electron chi connectivity index (χ3n) is 6.82. The molecule has 1 aromatic rings. The number of likely N-dealkylation sites (tertiary alicyclic amines) is 1. The second-order valence-electron chi connectivity index (χ2n) is 9.14. The number of nitrogens with zero attached hydrogens (tertiary/aromatic N) is 1. The van der Waals surface area contributed by atoms with Crippen molar-refractivity contribution in [2.75, 3.05) is 46.1 Å². The predicted molar refractivity (Wildman–Crippen MR) is 123 cm³/mol. The molecule has 0 aromatic heterocycles. The van der Waals surface area contributed by atoms with Crippen LogP contribution >= 0.6 is 0 Å². The van der Waals surface area contributed by atoms with Gasteiger partial charge in [-0.25, -0.2) is 0 Å². The second kappa shape index (κ2) is 13.6. The highest BCUT2D eigenvalue weighted by Gasteiger charge is 2.34. The van der Waals surface area contributed by atoms with Crippen molar-refractivity contribution in [3.63, 3.8) is 0 Å². The summed E-state index contributed by atoms with van der Waals surface area (Å²) in [7, 11) is 0. The fourth-order valence-electron chi connectivity index (χ4n) is 5.23. The molecule has 0 unspecified atom stereocenters. The zero-order valence-corrected chi connectivity index (χ0v) is 19.0. The Morgan fingerprint density at radius 1 is 1.06 bits per heavy atom. The Labute approximate surface area is 191 Å². The first kappa shape index (κ1) is 24.7. The molecule has 1 aromatic carbocycles. The average molecular weight is 447 g/mol. The van der Waals surface area contributed by atoms with Crippen molar-refractivity contribution in [3.05, 3.63) is 35.9 Å². The van der Waals surface area contributed by atoms with E-state index in [1.54, 1.807) is 0 Å². The molecular weight excluding hydrogens is 408 g/mol. The minimum absolute atomic E-state index is 0.174. The number of hydrogen-bond donors (Lipinski definition) is 2. The van der Waals surface area contributed by atoms with Crippen LogP contribution in [0.3, 0.4) is 0 Å². The van der Waals surface area contributed by atoms with E-state index >= 15 is 0 Å². The van der Waals surface area contributed by atoms with Crippen molar-refractivity contribution in [1.29, 1.82) is 0 Å². The quantitative estimate of drug-likeness (QED) is 0.677. The molecule has 3 aliphatic rings. The van der Waals surface area contributed by atoms with Gasteiger partial charge in [0, 0.05) is 36.9 Å². The Hall–Kier alpha value is -1.96. The molecule has 1 saturated carbocycles. The standard InChI is InChI=1S/C24H36N2O3.CH2O2/c27-24(21-9-5-2-6-10-21)25-23-16-26(15-19-17-28-13-14-29-18-19)12-11-22(23)20-7-3-1-4-8-20;2-1-3/h1,3-4,7-8,19,21-23H,2,5-6,9-18H2,(H,25,27);1H,(H,2,3)/t22-,23-;/m0./s1. The Bertz CT molecular complexity index is 672. The molecule has 2 aliphatic heterocycles. The number of carboxylic acid groups (broad SMARTS) is 1. The van der Waals surface area contributed by atoms with Crippen molar-refractivity contribution in [3.8, 4) is 0 Å². The Morgan fingerprint density at radius 2 is 1.72 bits per heavy atom. The van der Waals surface area contributed by atoms with E-state index < -0.39 is 0 Å². The molecule has 2 atom stereocenters. The highest BCUT2D eigenvalue weighted by Crippen LogP contribution is 2.30. The van der Waals surface area contributed by atoms with Gasteiger partial charge in [-0.2, -0.15) is 0 Å². The maximum Gasteiger partial charge on any atom is 0.290 e. The van der Waals surface area contributed by atoms with E-state index in [1.807, 2.05) is 0 Å². The monoisotopic (exact) mass is 446 g/mol. The summed E-state index contributed by atoms with van der Waals surface area (Å²) in [4.78, 5) is 23.9. The lowest BCUT2D eigenvalue weighted by Crippen LogP contribution is -2.54. The SMILES string of the molecule is O=C(N[C@H]1CN(CC2COCCOC2)CC[C@H]1c1ccccc1)C1CCCCC1.O=CO. The van der Waals surface area contributed by atoms with Crippen molar-refractivity contribution >= 4 is 12.4 Å². The van der Waals surface area contributed by atoms with Gasteiger partial charge in [-0.05, 0) is 31.4 Å². The van der Waals surface area contributed by atoms with Crippen LogP contribution in [0.4, 0.5) is 0 Å². The molecule has 7 heteroatoms. The fourth-order valence-corrected chi connectivity index (χ4v) is 5.23. The largest absolute Gasteiger partial charge is 0.483 e. The summed E-state index contributed by atoms with van der Waals surface area (Å²) < 4.78 is 11.4. The molecule has 7 nitrogen and oxygen atoms in total. The highest BCUT2D eigenvalue weighted by atomic mass is 16.5. The van der Waals surface area contributed by atoms with Crippen LogP contribution in [0.2, 0.25) is 0 Å². The van der Waals surface area contributed by atoms with Crippen LogP contribution in [0, 0.1) is 11.8 Å². The normalized spacial score (nSPS) is 25.8. The van der Waals surface area contributed by atoms with Crippen LogP contribution in [0.15, 0.2) is 30.3 Å². The van der Waals surface area contributed by atoms with Crippen LogP contribution in [-0.2, 0) is 19.1 Å². The summed E-state index contributed by atoms with van der Waals surface area (Å²) in [5.41, 5.74) is 1.35. The van der Waals surface area contributed by atoms with E-state index in [1.165, 1.54) is 24.8 Å². The molecule has 3 fully saturated rings. The topological polar surface area (TPSA) is 88.1 Å². The van der Waals surface area contributed by atoms with Crippen LogP contribution < -0.4 is 5.32 Å². The van der Waals surface area contributed by atoms with Gasteiger partial charge in [0.1, 0.15) is 0 Å². The molecular formula is C25H38N2O5. The molecule has 2 saturated heterocycles. The lowest BCUT2D eigenvalue weighted by Gasteiger charge is -2.41. The van der Waals surface area contributed by atoms with Crippen molar-refractivity contribution in [2.45, 2.75) is 50.5 Å². The number of ether oxygens (including phenoxy) is 2. The Balaban J connectivity index is 0.000000913. The molecule has 2 N–H and O–H groups in total. The number of hydrogen-bond acceptors (Lipinski definition) is 5. The van der Waals surface area contributed by atoms with E-state index in [9.17, 15) is 4.79 Å². The van der Waals surface area contributed by atoms with Crippen molar-refractivity contribution in [1.82, 2.24) is 10.2 Å². The molecule has 0 radical (unpaired) electrons. The summed E-state index contributed by atoms with van der Waals surface area (Å²) in [5, 5.41) is 10.4. The van der Waals surface area contributed by atoms with Gasteiger partial charge < -0.3 is 24.8 Å². The van der Waals surface area contributed by atoms with E-state index in [-0.39, 0.29) is 24.3 Å². The lowest BCUT2D eigenvalue weighted by atomic mass is 9.83. The minimum Gasteiger partial charge on any atom is -0.483 e. The molecule has 0 spiro atoms. The van der Waals surface area contributed by atoms with Gasteiger partial charge in [0.25, 0.3) is 6.47 Å². The molecule has 1 aliphatic carbocycles. The van der Waals surface area contributed by atoms with Gasteiger partial charge >= 0.3 is 0 Å². The third kappa shape index (κ3) is 7.57. The van der Waals surface area contributed by atoms with Crippen LogP contribution in [0.5, 0.6) is 0 Å². The van der Waals surface area contributed by atoms with E-state index in [2.05, 4.69) is 40.5 Å². The maximum absolute atomic E-state index is 13.0. The fraction of sp³-hybridized carbons (Fsp3) is 0.680. The summed E-state index contributed by atoms with van der Waals surface area (Å²) in [5.74, 6) is 1.29. The predicted octanol–water partition coefficient (Wildman–Crippen LogP) is 2.90. The zero-order chi connectivity index (χ0) is 22.6. The number of piperidine rings is 1. The Kier molecular flexibility index (Phi) is 10.5. The molecule has 1 amide bonds. The maximum atomic E-state index is 13.0. The first-order valence-corrected chi connectivity index (χ1v) is 12.0. The molecule has 4 rings (SSSR count). The summed E-state index contributed by atoms with van der Waals surface area (Å²) in [6.45, 7) is 5.66. The first-order valence-electron chi connectivity index (χ1n) is 12.0. The number of nitrogens with one attached hydrogen (secondary N) is 1.